The molecule has 1 aromatic carbocycles. The molecule has 0 aliphatic heterocycles. The van der Waals surface area contributed by atoms with Gasteiger partial charge >= 0.3 is 0 Å². The average Bonchev–Trinajstić information content (AvgIpc) is 2.84. The maximum atomic E-state index is 12.3. The minimum atomic E-state index is -3.47. The molecule has 6 heteroatoms. The highest BCUT2D eigenvalue weighted by Gasteiger charge is 2.17. The Balaban J connectivity index is 2.27. The van der Waals surface area contributed by atoms with E-state index >= 15 is 0 Å². The maximum absolute atomic E-state index is 12.3. The zero-order valence-corrected chi connectivity index (χ0v) is 13.8. The summed E-state index contributed by atoms with van der Waals surface area (Å²) in [5, 5.41) is 1.93. The van der Waals surface area contributed by atoms with Gasteiger partial charge in [0.15, 0.2) is 0 Å². The summed E-state index contributed by atoms with van der Waals surface area (Å²) in [6.07, 6.45) is 0. The minimum absolute atomic E-state index is 0.328. The highest BCUT2D eigenvalue weighted by Crippen LogP contribution is 2.24. The van der Waals surface area contributed by atoms with Crippen LogP contribution in [0, 0.1) is 13.8 Å². The van der Waals surface area contributed by atoms with Crippen molar-refractivity contribution < 1.29 is 8.42 Å². The first kappa shape index (κ1) is 14.7. The van der Waals surface area contributed by atoms with Crippen LogP contribution in [0.15, 0.2) is 39.0 Å². The molecule has 1 heterocycles. The number of thiophene rings is 1. The third-order valence-electron chi connectivity index (χ3n) is 2.76. The van der Waals surface area contributed by atoms with Gasteiger partial charge in [-0.1, -0.05) is 22.0 Å². The molecule has 0 aliphatic rings. The number of rotatable bonds is 4. The van der Waals surface area contributed by atoms with Crippen LogP contribution in [0.1, 0.15) is 16.0 Å². The van der Waals surface area contributed by atoms with Crippen molar-refractivity contribution in [2.45, 2.75) is 25.3 Å². The smallest absolute Gasteiger partial charge is 0.207 e. The molecule has 0 bridgehead atoms. The first-order valence-electron chi connectivity index (χ1n) is 5.69. The topological polar surface area (TPSA) is 46.2 Å². The monoisotopic (exact) mass is 359 g/mol. The molecule has 0 fully saturated rings. The van der Waals surface area contributed by atoms with Crippen molar-refractivity contribution in [3.63, 3.8) is 0 Å². The lowest BCUT2D eigenvalue weighted by molar-refractivity contribution is 0.581. The lowest BCUT2D eigenvalue weighted by Gasteiger charge is -2.10. The fourth-order valence-electron chi connectivity index (χ4n) is 1.70. The van der Waals surface area contributed by atoms with Crippen molar-refractivity contribution >= 4 is 37.3 Å². The molecule has 0 saturated carbocycles. The van der Waals surface area contributed by atoms with Gasteiger partial charge in [-0.3, -0.25) is 0 Å². The van der Waals surface area contributed by atoms with E-state index in [-0.39, 0.29) is 0 Å². The molecule has 19 heavy (non-hydrogen) atoms. The Labute approximate surface area is 125 Å². The Kier molecular flexibility index (Phi) is 4.45. The van der Waals surface area contributed by atoms with Gasteiger partial charge in [0, 0.05) is 15.9 Å². The summed E-state index contributed by atoms with van der Waals surface area (Å²) in [6, 6.07) is 7.33. The SMILES string of the molecule is Cc1cc(S(=O)(=O)NCc2cccs2)c(C)cc1Br. The summed E-state index contributed by atoms with van der Waals surface area (Å²) >= 11 is 4.94. The van der Waals surface area contributed by atoms with Crippen LogP contribution in [0.4, 0.5) is 0 Å². The molecule has 0 amide bonds. The number of benzene rings is 1. The van der Waals surface area contributed by atoms with Crippen molar-refractivity contribution in [3.8, 4) is 0 Å². The van der Waals surface area contributed by atoms with E-state index in [9.17, 15) is 8.42 Å². The third-order valence-corrected chi connectivity index (χ3v) is 6.04. The molecule has 3 nitrogen and oxygen atoms in total. The van der Waals surface area contributed by atoms with Crippen LogP contribution in [0.5, 0.6) is 0 Å². The summed E-state index contributed by atoms with van der Waals surface area (Å²) in [5.41, 5.74) is 1.64. The molecule has 0 atom stereocenters. The van der Waals surface area contributed by atoms with Gasteiger partial charge in [-0.2, -0.15) is 0 Å². The van der Waals surface area contributed by atoms with Crippen LogP contribution in [0.25, 0.3) is 0 Å². The summed E-state index contributed by atoms with van der Waals surface area (Å²) in [4.78, 5) is 1.33. The van der Waals surface area contributed by atoms with Crippen LogP contribution >= 0.6 is 27.3 Å². The van der Waals surface area contributed by atoms with Gasteiger partial charge in [-0.15, -0.1) is 11.3 Å². The van der Waals surface area contributed by atoms with Gasteiger partial charge in [0.2, 0.25) is 10.0 Å². The number of sulfonamides is 1. The first-order chi connectivity index (χ1) is 8.90. The second kappa shape index (κ2) is 5.75. The molecule has 1 aromatic heterocycles. The van der Waals surface area contributed by atoms with E-state index in [4.69, 9.17) is 0 Å². The van der Waals surface area contributed by atoms with Gasteiger partial charge in [-0.25, -0.2) is 13.1 Å². The van der Waals surface area contributed by atoms with Crippen molar-refractivity contribution in [1.82, 2.24) is 4.72 Å². The first-order valence-corrected chi connectivity index (χ1v) is 8.84. The van der Waals surface area contributed by atoms with Crippen LogP contribution in [-0.4, -0.2) is 8.42 Å². The number of aryl methyl sites for hydroxylation is 2. The molecular formula is C13H14BrNO2S2. The van der Waals surface area contributed by atoms with Gasteiger partial charge in [0.25, 0.3) is 0 Å². The predicted molar refractivity (Wildman–Crippen MR) is 82.0 cm³/mol. The van der Waals surface area contributed by atoms with E-state index in [1.54, 1.807) is 13.0 Å². The summed E-state index contributed by atoms with van der Waals surface area (Å²) in [5.74, 6) is 0. The van der Waals surface area contributed by atoms with Crippen molar-refractivity contribution in [1.29, 1.82) is 0 Å². The molecule has 0 radical (unpaired) electrons. The van der Waals surface area contributed by atoms with Gasteiger partial charge in [0.1, 0.15) is 0 Å². The second-order valence-electron chi connectivity index (χ2n) is 4.27. The number of hydrogen-bond donors (Lipinski definition) is 1. The van der Waals surface area contributed by atoms with Crippen LogP contribution in [0.3, 0.4) is 0 Å². The summed E-state index contributed by atoms with van der Waals surface area (Å²) in [6.45, 7) is 4.00. The average molecular weight is 360 g/mol. The van der Waals surface area contributed by atoms with E-state index in [0.717, 1.165) is 20.5 Å². The molecule has 0 aliphatic carbocycles. The summed E-state index contributed by atoms with van der Waals surface area (Å²) in [7, 11) is -3.47. The van der Waals surface area contributed by atoms with Crippen LogP contribution in [-0.2, 0) is 16.6 Å². The zero-order valence-electron chi connectivity index (χ0n) is 10.6. The Morgan fingerprint density at radius 2 is 2.00 bits per heavy atom. The number of hydrogen-bond acceptors (Lipinski definition) is 3. The zero-order chi connectivity index (χ0) is 14.0. The van der Waals surface area contributed by atoms with Crippen molar-refractivity contribution in [2.75, 3.05) is 0 Å². The van der Waals surface area contributed by atoms with Gasteiger partial charge < -0.3 is 0 Å². The highest BCUT2D eigenvalue weighted by molar-refractivity contribution is 9.10. The highest BCUT2D eigenvalue weighted by atomic mass is 79.9. The molecule has 2 rings (SSSR count). The van der Waals surface area contributed by atoms with E-state index in [1.807, 2.05) is 30.5 Å². The van der Waals surface area contributed by atoms with E-state index < -0.39 is 10.0 Å². The van der Waals surface area contributed by atoms with Gasteiger partial charge in [-0.05, 0) is 48.6 Å². The van der Waals surface area contributed by atoms with E-state index in [0.29, 0.717) is 11.4 Å². The maximum Gasteiger partial charge on any atom is 0.241 e. The van der Waals surface area contributed by atoms with E-state index in [1.165, 1.54) is 11.3 Å². The van der Waals surface area contributed by atoms with Crippen LogP contribution in [0.2, 0.25) is 0 Å². The Morgan fingerprint density at radius 3 is 2.63 bits per heavy atom. The Morgan fingerprint density at radius 1 is 1.26 bits per heavy atom. The van der Waals surface area contributed by atoms with Gasteiger partial charge in [0.05, 0.1) is 4.90 Å². The lowest BCUT2D eigenvalue weighted by atomic mass is 10.2. The predicted octanol–water partition coefficient (Wildman–Crippen LogP) is 3.61. The standard InChI is InChI=1S/C13H14BrNO2S2/c1-9-7-13(10(2)6-12(9)14)19(16,17)15-8-11-4-3-5-18-11/h3-7,15H,8H2,1-2H3. The Bertz CT molecular complexity index is 679. The number of halogens is 1. The fourth-order valence-corrected chi connectivity index (χ4v) is 4.21. The molecule has 1 N–H and O–H groups in total. The molecule has 0 saturated heterocycles. The number of nitrogens with one attached hydrogen (secondary N) is 1. The molecule has 102 valence electrons. The minimum Gasteiger partial charge on any atom is -0.207 e. The molecular weight excluding hydrogens is 346 g/mol. The molecule has 0 spiro atoms. The Hall–Kier alpha value is -0.690. The van der Waals surface area contributed by atoms with Crippen molar-refractivity contribution in [3.05, 3.63) is 50.1 Å². The largest absolute Gasteiger partial charge is 0.241 e. The lowest BCUT2D eigenvalue weighted by Crippen LogP contribution is -2.23. The molecule has 0 unspecified atom stereocenters. The quantitative estimate of drug-likeness (QED) is 0.906. The fraction of sp³-hybridized carbons (Fsp3) is 0.231. The summed E-state index contributed by atoms with van der Waals surface area (Å²) < 4.78 is 28.1. The van der Waals surface area contributed by atoms with Crippen LogP contribution < -0.4 is 4.72 Å². The van der Waals surface area contributed by atoms with E-state index in [2.05, 4.69) is 20.7 Å². The normalized spacial score (nSPS) is 11.7. The van der Waals surface area contributed by atoms with Crippen molar-refractivity contribution in [2.24, 2.45) is 0 Å². The second-order valence-corrected chi connectivity index (χ2v) is 7.89. The third kappa shape index (κ3) is 3.45. The molecule has 2 aromatic rings.